The van der Waals surface area contributed by atoms with Gasteiger partial charge in [0, 0.05) is 11.8 Å². The third-order valence-electron chi connectivity index (χ3n) is 2.91. The Labute approximate surface area is 118 Å². The van der Waals surface area contributed by atoms with Crippen LogP contribution >= 0.6 is 0 Å². The van der Waals surface area contributed by atoms with Crippen molar-refractivity contribution in [2.24, 2.45) is 0 Å². The van der Waals surface area contributed by atoms with Crippen LogP contribution in [0.15, 0.2) is 24.3 Å². The van der Waals surface area contributed by atoms with Gasteiger partial charge in [0.05, 0.1) is 0 Å². The zero-order valence-corrected chi connectivity index (χ0v) is 10.8. The van der Waals surface area contributed by atoms with Crippen LogP contribution in [0.1, 0.15) is 12.8 Å². The fourth-order valence-electron chi connectivity index (χ4n) is 1.98. The summed E-state index contributed by atoms with van der Waals surface area (Å²) in [5.41, 5.74) is 0.264. The zero-order valence-electron chi connectivity index (χ0n) is 10.8. The fraction of sp³-hybridized carbons (Fsp3) is 0.385. The van der Waals surface area contributed by atoms with Crippen molar-refractivity contribution in [1.29, 1.82) is 0 Å². The molecular formula is C13H13F2NO5. The quantitative estimate of drug-likeness (QED) is 0.867. The molecule has 1 saturated heterocycles. The average molecular weight is 301 g/mol. The van der Waals surface area contributed by atoms with E-state index in [1.165, 1.54) is 24.3 Å². The summed E-state index contributed by atoms with van der Waals surface area (Å²) in [5, 5.41) is 11.3. The maximum Gasteiger partial charge on any atom is 0.387 e. The molecule has 0 spiro atoms. The maximum absolute atomic E-state index is 12.1. The third kappa shape index (κ3) is 4.12. The number of amides is 1. The number of carboxylic acids is 1. The van der Waals surface area contributed by atoms with E-state index in [0.717, 1.165) is 0 Å². The normalized spacial score (nSPS) is 21.3. The minimum Gasteiger partial charge on any atom is -0.479 e. The highest BCUT2D eigenvalue weighted by molar-refractivity contribution is 5.94. The number of anilines is 1. The van der Waals surface area contributed by atoms with Gasteiger partial charge in [-0.05, 0) is 25.0 Å². The predicted molar refractivity (Wildman–Crippen MR) is 67.2 cm³/mol. The molecule has 0 unspecified atom stereocenters. The van der Waals surface area contributed by atoms with E-state index < -0.39 is 30.7 Å². The van der Waals surface area contributed by atoms with Gasteiger partial charge in [-0.25, -0.2) is 4.79 Å². The van der Waals surface area contributed by atoms with Gasteiger partial charge in [-0.2, -0.15) is 8.78 Å². The van der Waals surface area contributed by atoms with E-state index in [1.807, 2.05) is 0 Å². The molecule has 21 heavy (non-hydrogen) atoms. The van der Waals surface area contributed by atoms with Crippen LogP contribution in [0.25, 0.3) is 0 Å². The van der Waals surface area contributed by atoms with E-state index in [0.29, 0.717) is 0 Å². The SMILES string of the molecule is O=C(Nc1cccc(OC(F)F)c1)[C@@H]1CC[C@H](C(=O)O)O1. The van der Waals surface area contributed by atoms with Crippen molar-refractivity contribution < 1.29 is 33.0 Å². The molecule has 1 aromatic rings. The predicted octanol–water partition coefficient (Wildman–Crippen LogP) is 1.86. The van der Waals surface area contributed by atoms with E-state index in [2.05, 4.69) is 10.1 Å². The number of carbonyl (C=O) groups is 2. The first-order valence-corrected chi connectivity index (χ1v) is 6.19. The molecular weight excluding hydrogens is 288 g/mol. The summed E-state index contributed by atoms with van der Waals surface area (Å²) in [5.74, 6) is -1.72. The van der Waals surface area contributed by atoms with Crippen molar-refractivity contribution >= 4 is 17.6 Å². The molecule has 2 rings (SSSR count). The number of alkyl halides is 2. The first kappa shape index (κ1) is 15.2. The lowest BCUT2D eigenvalue weighted by Gasteiger charge is -2.12. The fourth-order valence-corrected chi connectivity index (χ4v) is 1.98. The number of rotatable bonds is 5. The van der Waals surface area contributed by atoms with Gasteiger partial charge in [-0.3, -0.25) is 4.79 Å². The lowest BCUT2D eigenvalue weighted by Crippen LogP contribution is -2.29. The Bertz CT molecular complexity index is 537. The largest absolute Gasteiger partial charge is 0.479 e. The highest BCUT2D eigenvalue weighted by atomic mass is 19.3. The average Bonchev–Trinajstić information content (AvgIpc) is 2.88. The molecule has 0 radical (unpaired) electrons. The van der Waals surface area contributed by atoms with Crippen LogP contribution in [0.4, 0.5) is 14.5 Å². The molecule has 0 bridgehead atoms. The molecule has 6 nitrogen and oxygen atoms in total. The van der Waals surface area contributed by atoms with E-state index in [-0.39, 0.29) is 24.3 Å². The standard InChI is InChI=1S/C13H13F2NO5/c14-13(15)20-8-3-1-2-7(6-8)16-11(17)9-4-5-10(21-9)12(18)19/h1-3,6,9-10,13H,4-5H2,(H,16,17)(H,18,19)/t9-,10+/m0/s1. The number of ether oxygens (including phenoxy) is 2. The molecule has 1 aliphatic heterocycles. The Balaban J connectivity index is 1.95. The minimum absolute atomic E-state index is 0.0847. The molecule has 0 aromatic heterocycles. The lowest BCUT2D eigenvalue weighted by atomic mass is 10.2. The monoisotopic (exact) mass is 301 g/mol. The second kappa shape index (κ2) is 6.49. The number of hydrogen-bond acceptors (Lipinski definition) is 4. The van der Waals surface area contributed by atoms with Crippen LogP contribution in [0.2, 0.25) is 0 Å². The van der Waals surface area contributed by atoms with E-state index in [9.17, 15) is 18.4 Å². The number of aliphatic carboxylic acids is 1. The molecule has 0 aliphatic carbocycles. The number of halogens is 2. The summed E-state index contributed by atoms with van der Waals surface area (Å²) in [6.45, 7) is -2.95. The van der Waals surface area contributed by atoms with Crippen LogP contribution in [0, 0.1) is 0 Å². The highest BCUT2D eigenvalue weighted by Crippen LogP contribution is 2.23. The maximum atomic E-state index is 12.1. The van der Waals surface area contributed by atoms with Crippen LogP contribution in [0.5, 0.6) is 5.75 Å². The van der Waals surface area contributed by atoms with Crippen molar-refractivity contribution in [3.63, 3.8) is 0 Å². The van der Waals surface area contributed by atoms with Crippen molar-refractivity contribution in [1.82, 2.24) is 0 Å². The van der Waals surface area contributed by atoms with Gasteiger partial charge in [-0.15, -0.1) is 0 Å². The van der Waals surface area contributed by atoms with Crippen molar-refractivity contribution in [2.45, 2.75) is 31.7 Å². The number of carboxylic acid groups (broad SMARTS) is 1. The summed E-state index contributed by atoms with van der Waals surface area (Å²) in [4.78, 5) is 22.6. The topological polar surface area (TPSA) is 84.9 Å². The molecule has 0 saturated carbocycles. The molecule has 1 amide bonds. The second-order valence-corrected chi connectivity index (χ2v) is 4.42. The molecule has 1 fully saturated rings. The Morgan fingerprint density at radius 2 is 2.05 bits per heavy atom. The van der Waals surface area contributed by atoms with Crippen LogP contribution < -0.4 is 10.1 Å². The summed E-state index contributed by atoms with van der Waals surface area (Å²) >= 11 is 0. The highest BCUT2D eigenvalue weighted by Gasteiger charge is 2.34. The summed E-state index contributed by atoms with van der Waals surface area (Å²) in [6, 6.07) is 5.52. The minimum atomic E-state index is -2.95. The molecule has 8 heteroatoms. The third-order valence-corrected chi connectivity index (χ3v) is 2.91. The first-order valence-electron chi connectivity index (χ1n) is 6.19. The smallest absolute Gasteiger partial charge is 0.387 e. The molecule has 1 heterocycles. The number of benzene rings is 1. The van der Waals surface area contributed by atoms with Crippen molar-refractivity contribution in [3.05, 3.63) is 24.3 Å². The van der Waals surface area contributed by atoms with Gasteiger partial charge < -0.3 is 19.9 Å². The van der Waals surface area contributed by atoms with Crippen LogP contribution in [0.3, 0.4) is 0 Å². The number of carbonyl (C=O) groups excluding carboxylic acids is 1. The van der Waals surface area contributed by atoms with E-state index in [4.69, 9.17) is 9.84 Å². The summed E-state index contributed by atoms with van der Waals surface area (Å²) < 4.78 is 33.5. The van der Waals surface area contributed by atoms with Gasteiger partial charge in [0.1, 0.15) is 11.9 Å². The number of hydrogen-bond donors (Lipinski definition) is 2. The zero-order chi connectivity index (χ0) is 15.4. The molecule has 1 aromatic carbocycles. The Morgan fingerprint density at radius 3 is 2.67 bits per heavy atom. The first-order chi connectivity index (χ1) is 9.95. The van der Waals surface area contributed by atoms with Crippen molar-refractivity contribution in [3.8, 4) is 5.75 Å². The van der Waals surface area contributed by atoms with E-state index in [1.54, 1.807) is 0 Å². The summed E-state index contributed by atoms with van der Waals surface area (Å²) in [6.07, 6.45) is -1.32. The molecule has 114 valence electrons. The van der Waals surface area contributed by atoms with Gasteiger partial charge in [0.2, 0.25) is 0 Å². The van der Waals surface area contributed by atoms with Crippen LogP contribution in [-0.4, -0.2) is 35.8 Å². The van der Waals surface area contributed by atoms with Gasteiger partial charge >= 0.3 is 12.6 Å². The second-order valence-electron chi connectivity index (χ2n) is 4.42. The van der Waals surface area contributed by atoms with Gasteiger partial charge in [0.15, 0.2) is 6.10 Å². The summed E-state index contributed by atoms with van der Waals surface area (Å²) in [7, 11) is 0. The number of nitrogens with one attached hydrogen (secondary N) is 1. The Morgan fingerprint density at radius 1 is 1.33 bits per heavy atom. The Hall–Kier alpha value is -2.22. The van der Waals surface area contributed by atoms with Gasteiger partial charge in [-0.1, -0.05) is 6.07 Å². The van der Waals surface area contributed by atoms with Crippen LogP contribution in [-0.2, 0) is 14.3 Å². The van der Waals surface area contributed by atoms with Crippen molar-refractivity contribution in [2.75, 3.05) is 5.32 Å². The Kier molecular flexibility index (Phi) is 4.69. The lowest BCUT2D eigenvalue weighted by molar-refractivity contribution is -0.150. The van der Waals surface area contributed by atoms with E-state index >= 15 is 0 Å². The molecule has 2 N–H and O–H groups in total. The molecule has 1 aliphatic rings. The van der Waals surface area contributed by atoms with Gasteiger partial charge in [0.25, 0.3) is 5.91 Å². The molecule has 2 atom stereocenters.